The molecule has 2 rings (SSSR count). The second-order valence-electron chi connectivity index (χ2n) is 4.12. The number of rotatable bonds is 3. The van der Waals surface area contributed by atoms with E-state index in [0.29, 0.717) is 6.54 Å². The van der Waals surface area contributed by atoms with Crippen LogP contribution in [0.1, 0.15) is 11.1 Å². The van der Waals surface area contributed by atoms with Gasteiger partial charge in [0.05, 0.1) is 0 Å². The van der Waals surface area contributed by atoms with Gasteiger partial charge in [0.15, 0.2) is 0 Å². The van der Waals surface area contributed by atoms with Gasteiger partial charge in [-0.2, -0.15) is 0 Å². The first-order valence-electron chi connectivity index (χ1n) is 5.66. The van der Waals surface area contributed by atoms with Crippen molar-refractivity contribution in [3.8, 4) is 0 Å². The van der Waals surface area contributed by atoms with E-state index in [4.69, 9.17) is 5.73 Å². The Kier molecular flexibility index (Phi) is 3.40. The summed E-state index contributed by atoms with van der Waals surface area (Å²) in [5.41, 5.74) is 8.98. The summed E-state index contributed by atoms with van der Waals surface area (Å²) in [5, 5.41) is 0. The summed E-state index contributed by atoms with van der Waals surface area (Å²) in [6.45, 7) is 2.61. The van der Waals surface area contributed by atoms with Gasteiger partial charge in [-0.05, 0) is 30.7 Å². The molecule has 88 valence electrons. The molecule has 1 aromatic carbocycles. The average Bonchev–Trinajstić information content (AvgIpc) is 2.39. The maximum atomic E-state index is 5.55. The van der Waals surface area contributed by atoms with E-state index in [-0.39, 0.29) is 0 Å². The van der Waals surface area contributed by atoms with Crippen LogP contribution in [0.25, 0.3) is 0 Å². The van der Waals surface area contributed by atoms with Crippen molar-refractivity contribution in [1.82, 2.24) is 4.98 Å². The van der Waals surface area contributed by atoms with Gasteiger partial charge in [0, 0.05) is 25.5 Å². The molecule has 3 nitrogen and oxygen atoms in total. The minimum absolute atomic E-state index is 0.529. The molecule has 1 aromatic heterocycles. The molecule has 0 amide bonds. The maximum Gasteiger partial charge on any atom is 0.132 e. The Morgan fingerprint density at radius 3 is 2.35 bits per heavy atom. The average molecular weight is 227 g/mol. The third-order valence-corrected chi connectivity index (χ3v) is 2.81. The summed E-state index contributed by atoms with van der Waals surface area (Å²) in [4.78, 5) is 6.45. The highest BCUT2D eigenvalue weighted by Crippen LogP contribution is 2.21. The molecule has 17 heavy (non-hydrogen) atoms. The first-order chi connectivity index (χ1) is 8.20. The topological polar surface area (TPSA) is 42.1 Å². The lowest BCUT2D eigenvalue weighted by Crippen LogP contribution is -2.11. The van der Waals surface area contributed by atoms with Crippen LogP contribution < -0.4 is 10.6 Å². The van der Waals surface area contributed by atoms with Crippen LogP contribution in [0.4, 0.5) is 11.5 Å². The highest BCUT2D eigenvalue weighted by Gasteiger charge is 2.04. The van der Waals surface area contributed by atoms with Crippen molar-refractivity contribution >= 4 is 11.5 Å². The number of aromatic nitrogens is 1. The largest absolute Gasteiger partial charge is 0.329 e. The highest BCUT2D eigenvalue weighted by molar-refractivity contribution is 5.59. The quantitative estimate of drug-likeness (QED) is 0.876. The lowest BCUT2D eigenvalue weighted by atomic mass is 10.2. The molecule has 2 aromatic rings. The first-order valence-corrected chi connectivity index (χ1v) is 5.66. The van der Waals surface area contributed by atoms with Crippen molar-refractivity contribution in [2.75, 3.05) is 11.9 Å². The number of hydrogen-bond donors (Lipinski definition) is 1. The molecule has 0 aliphatic rings. The maximum absolute atomic E-state index is 5.55. The molecule has 2 N–H and O–H groups in total. The molecule has 0 radical (unpaired) electrons. The molecule has 0 spiro atoms. The Balaban J connectivity index is 2.23. The monoisotopic (exact) mass is 227 g/mol. The van der Waals surface area contributed by atoms with Crippen molar-refractivity contribution in [3.63, 3.8) is 0 Å². The number of nitrogens with two attached hydrogens (primary N) is 1. The standard InChI is InChI=1S/C14H17N3/c1-11-3-6-13(7-4-11)17(2)14-8-5-12(9-15)10-16-14/h3-8,10H,9,15H2,1-2H3. The number of nitrogens with zero attached hydrogens (tertiary/aromatic N) is 2. The number of pyridine rings is 1. The molecule has 0 unspecified atom stereocenters. The zero-order chi connectivity index (χ0) is 12.3. The Hall–Kier alpha value is -1.87. The van der Waals surface area contributed by atoms with Gasteiger partial charge < -0.3 is 10.6 Å². The predicted molar refractivity (Wildman–Crippen MR) is 71.4 cm³/mol. The molecule has 0 saturated heterocycles. The molecule has 0 atom stereocenters. The van der Waals surface area contributed by atoms with E-state index in [1.54, 1.807) is 0 Å². The lowest BCUT2D eigenvalue weighted by Gasteiger charge is -2.18. The minimum atomic E-state index is 0.529. The summed E-state index contributed by atoms with van der Waals surface area (Å²) in [7, 11) is 2.01. The van der Waals surface area contributed by atoms with E-state index in [2.05, 4.69) is 41.1 Å². The molecule has 0 bridgehead atoms. The first kappa shape index (κ1) is 11.6. The van der Waals surface area contributed by atoms with Crippen molar-refractivity contribution in [1.29, 1.82) is 0 Å². The second kappa shape index (κ2) is 4.97. The fourth-order valence-electron chi connectivity index (χ4n) is 1.64. The van der Waals surface area contributed by atoms with E-state index < -0.39 is 0 Å². The molecule has 1 heterocycles. The zero-order valence-electron chi connectivity index (χ0n) is 10.2. The van der Waals surface area contributed by atoms with E-state index in [1.165, 1.54) is 5.56 Å². The van der Waals surface area contributed by atoms with Crippen LogP contribution in [-0.4, -0.2) is 12.0 Å². The Labute approximate surface area is 102 Å². The molecule has 3 heteroatoms. The molecule has 0 aliphatic carbocycles. The Morgan fingerprint density at radius 2 is 1.82 bits per heavy atom. The second-order valence-corrected chi connectivity index (χ2v) is 4.12. The van der Waals surface area contributed by atoms with E-state index in [1.807, 2.05) is 25.4 Å². The van der Waals surface area contributed by atoms with Gasteiger partial charge in [-0.3, -0.25) is 0 Å². The van der Waals surface area contributed by atoms with Crippen LogP contribution in [-0.2, 0) is 6.54 Å². The van der Waals surface area contributed by atoms with Gasteiger partial charge in [0.1, 0.15) is 5.82 Å². The molecular weight excluding hydrogens is 210 g/mol. The van der Waals surface area contributed by atoms with Crippen molar-refractivity contribution < 1.29 is 0 Å². The normalized spacial score (nSPS) is 10.3. The third kappa shape index (κ3) is 2.63. The third-order valence-electron chi connectivity index (χ3n) is 2.81. The van der Waals surface area contributed by atoms with E-state index in [9.17, 15) is 0 Å². The van der Waals surface area contributed by atoms with Gasteiger partial charge in [-0.1, -0.05) is 23.8 Å². The number of aryl methyl sites for hydroxylation is 1. The van der Waals surface area contributed by atoms with Crippen LogP contribution in [0.2, 0.25) is 0 Å². The van der Waals surface area contributed by atoms with Gasteiger partial charge in [0.25, 0.3) is 0 Å². The van der Waals surface area contributed by atoms with Crippen LogP contribution >= 0.6 is 0 Å². The van der Waals surface area contributed by atoms with Crippen LogP contribution in [0, 0.1) is 6.92 Å². The van der Waals surface area contributed by atoms with Crippen LogP contribution in [0.15, 0.2) is 42.6 Å². The van der Waals surface area contributed by atoms with Gasteiger partial charge in [-0.25, -0.2) is 4.98 Å². The van der Waals surface area contributed by atoms with Crippen molar-refractivity contribution in [2.24, 2.45) is 5.73 Å². The molecule has 0 fully saturated rings. The molecule has 0 aliphatic heterocycles. The summed E-state index contributed by atoms with van der Waals surface area (Å²) < 4.78 is 0. The highest BCUT2D eigenvalue weighted by atomic mass is 15.2. The fraction of sp³-hybridized carbons (Fsp3) is 0.214. The Morgan fingerprint density at radius 1 is 1.12 bits per heavy atom. The predicted octanol–water partition coefficient (Wildman–Crippen LogP) is 2.62. The molecular formula is C14H17N3. The summed E-state index contributed by atoms with van der Waals surface area (Å²) in [6.07, 6.45) is 1.82. The van der Waals surface area contributed by atoms with Crippen molar-refractivity contribution in [3.05, 3.63) is 53.7 Å². The fourth-order valence-corrected chi connectivity index (χ4v) is 1.64. The summed E-state index contributed by atoms with van der Waals surface area (Å²) in [6, 6.07) is 12.4. The lowest BCUT2D eigenvalue weighted by molar-refractivity contribution is 1.03. The SMILES string of the molecule is Cc1ccc(N(C)c2ccc(CN)cn2)cc1. The van der Waals surface area contributed by atoms with E-state index >= 15 is 0 Å². The Bertz CT molecular complexity index is 474. The van der Waals surface area contributed by atoms with Gasteiger partial charge in [0.2, 0.25) is 0 Å². The summed E-state index contributed by atoms with van der Waals surface area (Å²) >= 11 is 0. The smallest absolute Gasteiger partial charge is 0.132 e. The van der Waals surface area contributed by atoms with Crippen LogP contribution in [0.5, 0.6) is 0 Å². The molecule has 0 saturated carbocycles. The zero-order valence-corrected chi connectivity index (χ0v) is 10.2. The number of benzene rings is 1. The minimum Gasteiger partial charge on any atom is -0.329 e. The number of anilines is 2. The van der Waals surface area contributed by atoms with Gasteiger partial charge in [-0.15, -0.1) is 0 Å². The number of hydrogen-bond acceptors (Lipinski definition) is 3. The van der Waals surface area contributed by atoms with Gasteiger partial charge >= 0.3 is 0 Å². The van der Waals surface area contributed by atoms with Crippen molar-refractivity contribution in [2.45, 2.75) is 13.5 Å². The van der Waals surface area contributed by atoms with E-state index in [0.717, 1.165) is 17.1 Å². The van der Waals surface area contributed by atoms with Crippen LogP contribution in [0.3, 0.4) is 0 Å². The summed E-state index contributed by atoms with van der Waals surface area (Å²) in [5.74, 6) is 0.922.